The van der Waals surface area contributed by atoms with Gasteiger partial charge in [0.25, 0.3) is 0 Å². The summed E-state index contributed by atoms with van der Waals surface area (Å²) in [6.07, 6.45) is 4.11. The van der Waals surface area contributed by atoms with E-state index in [1.807, 2.05) is 29.8 Å². The molecule has 7 nitrogen and oxygen atoms in total. The molecule has 1 aromatic heterocycles. The third kappa shape index (κ3) is 3.48. The number of carbonyl (C=O) groups excluding carboxylic acids is 2. The lowest BCUT2D eigenvalue weighted by atomic mass is 10.2. The van der Waals surface area contributed by atoms with Gasteiger partial charge in [0.2, 0.25) is 5.91 Å². The van der Waals surface area contributed by atoms with Crippen molar-refractivity contribution in [3.8, 4) is 0 Å². The molecule has 23 heavy (non-hydrogen) atoms. The van der Waals surface area contributed by atoms with Crippen LogP contribution in [0.25, 0.3) is 0 Å². The van der Waals surface area contributed by atoms with Gasteiger partial charge in [-0.3, -0.25) is 14.8 Å². The summed E-state index contributed by atoms with van der Waals surface area (Å²) in [5.41, 5.74) is 0.995. The van der Waals surface area contributed by atoms with Gasteiger partial charge in [0, 0.05) is 44.9 Å². The van der Waals surface area contributed by atoms with E-state index in [2.05, 4.69) is 10.4 Å². The van der Waals surface area contributed by atoms with E-state index in [-0.39, 0.29) is 18.0 Å². The Morgan fingerprint density at radius 2 is 2.13 bits per heavy atom. The molecule has 2 aliphatic rings. The van der Waals surface area contributed by atoms with Crippen LogP contribution in [0, 0.1) is 6.92 Å². The van der Waals surface area contributed by atoms with Crippen molar-refractivity contribution in [1.29, 1.82) is 0 Å². The lowest BCUT2D eigenvalue weighted by Crippen LogP contribution is -2.46. The highest BCUT2D eigenvalue weighted by Gasteiger charge is 2.36. The van der Waals surface area contributed by atoms with Gasteiger partial charge in [-0.05, 0) is 32.6 Å². The molecule has 2 heterocycles. The Morgan fingerprint density at radius 3 is 2.70 bits per heavy atom. The average Bonchev–Trinajstić information content (AvgIpc) is 3.12. The van der Waals surface area contributed by atoms with Gasteiger partial charge in [0.15, 0.2) is 5.82 Å². The summed E-state index contributed by atoms with van der Waals surface area (Å²) in [5, 5.41) is 7.14. The number of hydrogen-bond donors (Lipinski definition) is 1. The van der Waals surface area contributed by atoms with Gasteiger partial charge in [-0.25, -0.2) is 4.79 Å². The van der Waals surface area contributed by atoms with Crippen molar-refractivity contribution >= 4 is 17.8 Å². The summed E-state index contributed by atoms with van der Waals surface area (Å²) in [7, 11) is 1.85. The first-order valence-corrected chi connectivity index (χ1v) is 8.31. The molecule has 1 N–H and O–H groups in total. The molecule has 1 unspecified atom stereocenters. The molecule has 0 bridgehead atoms. The third-order valence-electron chi connectivity index (χ3n) is 4.79. The molecule has 0 spiro atoms. The fraction of sp³-hybridized carbons (Fsp3) is 0.688. The predicted molar refractivity (Wildman–Crippen MR) is 87.1 cm³/mol. The summed E-state index contributed by atoms with van der Waals surface area (Å²) in [6, 6.07) is 2.22. The van der Waals surface area contributed by atoms with Crippen LogP contribution in [-0.2, 0) is 11.8 Å². The van der Waals surface area contributed by atoms with Crippen molar-refractivity contribution in [1.82, 2.24) is 19.6 Å². The zero-order chi connectivity index (χ0) is 16.6. The molecule has 3 rings (SSSR count). The zero-order valence-corrected chi connectivity index (χ0v) is 14.1. The van der Waals surface area contributed by atoms with Crippen LogP contribution in [0.5, 0.6) is 0 Å². The Balaban J connectivity index is 1.63. The van der Waals surface area contributed by atoms with E-state index in [0.717, 1.165) is 37.9 Å². The van der Waals surface area contributed by atoms with Gasteiger partial charge >= 0.3 is 6.03 Å². The minimum absolute atomic E-state index is 0.101. The molecule has 1 aromatic rings. The fourth-order valence-corrected chi connectivity index (χ4v) is 3.24. The molecular formula is C16H25N5O2. The highest BCUT2D eigenvalue weighted by atomic mass is 16.2. The molecule has 1 saturated heterocycles. The largest absolute Gasteiger partial charge is 0.338 e. The first kappa shape index (κ1) is 15.8. The second-order valence-corrected chi connectivity index (χ2v) is 6.62. The number of nitrogens with zero attached hydrogens (tertiary/aromatic N) is 4. The van der Waals surface area contributed by atoms with Gasteiger partial charge in [-0.15, -0.1) is 0 Å². The average molecular weight is 319 g/mol. The van der Waals surface area contributed by atoms with Crippen LogP contribution in [0.2, 0.25) is 0 Å². The highest BCUT2D eigenvalue weighted by Crippen LogP contribution is 2.29. The lowest BCUT2D eigenvalue weighted by Gasteiger charge is -2.30. The first-order valence-electron chi connectivity index (χ1n) is 8.31. The normalized spacial score (nSPS) is 20.7. The van der Waals surface area contributed by atoms with E-state index in [4.69, 9.17) is 0 Å². The fourth-order valence-electron chi connectivity index (χ4n) is 3.24. The number of aryl methyl sites for hydroxylation is 2. The first-order chi connectivity index (χ1) is 11.0. The van der Waals surface area contributed by atoms with Gasteiger partial charge in [0.05, 0.1) is 6.04 Å². The Morgan fingerprint density at radius 1 is 1.39 bits per heavy atom. The summed E-state index contributed by atoms with van der Waals surface area (Å²) >= 11 is 0. The number of amides is 3. The highest BCUT2D eigenvalue weighted by molar-refractivity contribution is 5.88. The molecule has 0 aromatic carbocycles. The van der Waals surface area contributed by atoms with Crippen molar-refractivity contribution in [3.63, 3.8) is 0 Å². The van der Waals surface area contributed by atoms with E-state index >= 15 is 0 Å². The van der Waals surface area contributed by atoms with Crippen LogP contribution in [0.1, 0.15) is 38.3 Å². The van der Waals surface area contributed by atoms with Crippen LogP contribution in [0.4, 0.5) is 10.6 Å². The smallest absolute Gasteiger partial charge is 0.323 e. The summed E-state index contributed by atoms with van der Waals surface area (Å²) in [4.78, 5) is 28.1. The van der Waals surface area contributed by atoms with Crippen LogP contribution >= 0.6 is 0 Å². The van der Waals surface area contributed by atoms with E-state index in [0.29, 0.717) is 18.4 Å². The van der Waals surface area contributed by atoms with Gasteiger partial charge < -0.3 is 9.80 Å². The van der Waals surface area contributed by atoms with Crippen LogP contribution in [0.15, 0.2) is 6.07 Å². The summed E-state index contributed by atoms with van der Waals surface area (Å²) in [5.74, 6) is 0.686. The van der Waals surface area contributed by atoms with E-state index in [1.165, 1.54) is 0 Å². The maximum Gasteiger partial charge on any atom is 0.323 e. The van der Waals surface area contributed by atoms with Crippen LogP contribution in [0.3, 0.4) is 0 Å². The zero-order valence-electron chi connectivity index (χ0n) is 14.1. The Hall–Kier alpha value is -2.05. The number of carbonyl (C=O) groups is 2. The molecule has 1 aliphatic heterocycles. The third-order valence-corrected chi connectivity index (χ3v) is 4.79. The monoisotopic (exact) mass is 319 g/mol. The van der Waals surface area contributed by atoms with Gasteiger partial charge in [-0.1, -0.05) is 0 Å². The standard InChI is InChI=1S/C16H25N5O2/c1-11-9-15(18-19(11)3)17-16(23)20-8-4-5-14(20)10-21(12(2)22)13-6-7-13/h9,13-14H,4-8,10H2,1-3H3,(H,17,18,23). The van der Waals surface area contributed by atoms with E-state index < -0.39 is 0 Å². The molecule has 7 heteroatoms. The second-order valence-electron chi connectivity index (χ2n) is 6.62. The number of nitrogens with one attached hydrogen (secondary N) is 1. The maximum absolute atomic E-state index is 12.5. The van der Waals surface area contributed by atoms with Crippen LogP contribution in [-0.4, -0.2) is 56.7 Å². The number of anilines is 1. The predicted octanol–water partition coefficient (Wildman–Crippen LogP) is 1.74. The number of rotatable bonds is 4. The van der Waals surface area contributed by atoms with Crippen molar-refractivity contribution in [2.24, 2.45) is 7.05 Å². The number of likely N-dealkylation sites (tertiary alicyclic amines) is 1. The van der Waals surface area contributed by atoms with Crippen molar-refractivity contribution < 1.29 is 9.59 Å². The molecule has 0 radical (unpaired) electrons. The Bertz CT molecular complexity index is 588. The Labute approximate surface area is 136 Å². The molecular weight excluding hydrogens is 294 g/mol. The molecule has 2 fully saturated rings. The summed E-state index contributed by atoms with van der Waals surface area (Å²) < 4.78 is 1.74. The number of urea groups is 1. The van der Waals surface area contributed by atoms with Gasteiger partial charge in [-0.2, -0.15) is 5.10 Å². The van der Waals surface area contributed by atoms with Crippen molar-refractivity contribution in [2.45, 2.75) is 51.6 Å². The molecule has 1 saturated carbocycles. The minimum atomic E-state index is -0.120. The lowest BCUT2D eigenvalue weighted by molar-refractivity contribution is -0.130. The molecule has 3 amide bonds. The van der Waals surface area contributed by atoms with Crippen LogP contribution < -0.4 is 5.32 Å². The molecule has 126 valence electrons. The van der Waals surface area contributed by atoms with Crippen molar-refractivity contribution in [3.05, 3.63) is 11.8 Å². The number of hydrogen-bond acceptors (Lipinski definition) is 3. The van der Waals surface area contributed by atoms with Crippen molar-refractivity contribution in [2.75, 3.05) is 18.4 Å². The van der Waals surface area contributed by atoms with Gasteiger partial charge in [0.1, 0.15) is 0 Å². The van der Waals surface area contributed by atoms with E-state index in [1.54, 1.807) is 11.6 Å². The maximum atomic E-state index is 12.5. The SMILES string of the molecule is CC(=O)N(CC1CCCN1C(=O)Nc1cc(C)n(C)n1)C1CC1. The topological polar surface area (TPSA) is 70.5 Å². The molecule has 1 atom stereocenters. The Kier molecular flexibility index (Phi) is 4.28. The second kappa shape index (κ2) is 6.22. The quantitative estimate of drug-likeness (QED) is 0.919. The summed E-state index contributed by atoms with van der Waals surface area (Å²) in [6.45, 7) is 4.95. The molecule has 1 aliphatic carbocycles. The number of aromatic nitrogens is 2. The van der Waals surface area contributed by atoms with E-state index in [9.17, 15) is 9.59 Å². The minimum Gasteiger partial charge on any atom is -0.338 e.